The lowest BCUT2D eigenvalue weighted by Gasteiger charge is -2.14. The second-order valence-electron chi connectivity index (χ2n) is 3.16. The topological polar surface area (TPSA) is 64.3 Å². The fraction of sp³-hybridized carbons (Fsp3) is 0.364. The maximum Gasteiger partial charge on any atom is 0.324 e. The Morgan fingerprint density at radius 2 is 2.06 bits per heavy atom. The fourth-order valence-corrected chi connectivity index (χ4v) is 1.30. The number of nitrogens with one attached hydrogen (secondary N) is 1. The number of carbonyl (C=O) groups is 1. The van der Waals surface area contributed by atoms with Crippen molar-refractivity contribution in [3.63, 3.8) is 0 Å². The predicted octanol–water partition coefficient (Wildman–Crippen LogP) is 1.05. The lowest BCUT2D eigenvalue weighted by molar-refractivity contribution is -0.145. The molecule has 16 heavy (non-hydrogen) atoms. The highest BCUT2D eigenvalue weighted by Gasteiger charge is 2.17. The first-order valence-electron chi connectivity index (χ1n) is 4.94. The molecule has 0 saturated carbocycles. The number of ether oxygens (including phenoxy) is 1. The number of nitrogens with two attached hydrogens (primary N) is 1. The Balaban J connectivity index is 0.00000225. The van der Waals surface area contributed by atoms with E-state index in [4.69, 9.17) is 10.6 Å². The van der Waals surface area contributed by atoms with Crippen LogP contribution < -0.4 is 11.3 Å². The summed E-state index contributed by atoms with van der Waals surface area (Å²) in [5.74, 6) is 4.99. The van der Waals surface area contributed by atoms with E-state index in [0.29, 0.717) is 13.0 Å². The van der Waals surface area contributed by atoms with Crippen molar-refractivity contribution in [3.8, 4) is 0 Å². The Hall–Kier alpha value is -1.10. The van der Waals surface area contributed by atoms with Crippen LogP contribution in [0.25, 0.3) is 0 Å². The van der Waals surface area contributed by atoms with Crippen LogP contribution in [0.1, 0.15) is 12.5 Å². The summed E-state index contributed by atoms with van der Waals surface area (Å²) in [6, 6.07) is 9.20. The standard InChI is InChI=1S/C11H16N2O2.ClH/c1-2-15-11(14)10(13-12)8-9-6-4-3-5-7-9;/h3-7,10,13H,2,8,12H2,1H3;1H. The summed E-state index contributed by atoms with van der Waals surface area (Å²) in [5.41, 5.74) is 3.51. The maximum absolute atomic E-state index is 11.4. The SMILES string of the molecule is CCOC(=O)C(Cc1ccccc1)NN.Cl. The van der Waals surface area contributed by atoms with Gasteiger partial charge in [-0.2, -0.15) is 0 Å². The van der Waals surface area contributed by atoms with E-state index in [1.165, 1.54) is 0 Å². The first kappa shape index (κ1) is 14.9. The number of hydrogen-bond acceptors (Lipinski definition) is 4. The molecule has 0 spiro atoms. The Labute approximate surface area is 102 Å². The van der Waals surface area contributed by atoms with Gasteiger partial charge in [-0.15, -0.1) is 12.4 Å². The lowest BCUT2D eigenvalue weighted by atomic mass is 10.1. The van der Waals surface area contributed by atoms with Crippen molar-refractivity contribution < 1.29 is 9.53 Å². The van der Waals surface area contributed by atoms with E-state index in [0.717, 1.165) is 5.56 Å². The molecule has 4 nitrogen and oxygen atoms in total. The number of rotatable bonds is 5. The van der Waals surface area contributed by atoms with Crippen molar-refractivity contribution in [1.29, 1.82) is 0 Å². The molecule has 3 N–H and O–H groups in total. The minimum absolute atomic E-state index is 0. The van der Waals surface area contributed by atoms with Crippen molar-refractivity contribution in [2.24, 2.45) is 5.84 Å². The summed E-state index contributed by atoms with van der Waals surface area (Å²) in [4.78, 5) is 11.4. The molecule has 0 saturated heterocycles. The average Bonchev–Trinajstić information content (AvgIpc) is 2.27. The molecule has 1 rings (SSSR count). The Bertz CT molecular complexity index is 306. The van der Waals surface area contributed by atoms with E-state index < -0.39 is 6.04 Å². The molecule has 0 aliphatic carbocycles. The molecule has 1 unspecified atom stereocenters. The summed E-state index contributed by atoms with van der Waals surface area (Å²) in [6.45, 7) is 2.14. The van der Waals surface area contributed by atoms with Gasteiger partial charge < -0.3 is 4.74 Å². The van der Waals surface area contributed by atoms with Gasteiger partial charge in [0, 0.05) is 0 Å². The second kappa shape index (κ2) is 8.10. The molecule has 1 aromatic rings. The van der Waals surface area contributed by atoms with Gasteiger partial charge in [-0.05, 0) is 18.9 Å². The van der Waals surface area contributed by atoms with Crippen LogP contribution in [0.15, 0.2) is 30.3 Å². The van der Waals surface area contributed by atoms with Gasteiger partial charge >= 0.3 is 5.97 Å². The summed E-state index contributed by atoms with van der Waals surface area (Å²) in [5, 5.41) is 0. The van der Waals surface area contributed by atoms with E-state index in [-0.39, 0.29) is 18.4 Å². The molecule has 0 aliphatic rings. The van der Waals surface area contributed by atoms with Crippen molar-refractivity contribution in [2.75, 3.05) is 6.61 Å². The van der Waals surface area contributed by atoms with Crippen LogP contribution in [-0.4, -0.2) is 18.6 Å². The third kappa shape index (κ3) is 4.61. The number of carbonyl (C=O) groups excluding carboxylic acids is 1. The minimum Gasteiger partial charge on any atom is -0.465 e. The van der Waals surface area contributed by atoms with Crippen LogP contribution in [0, 0.1) is 0 Å². The highest BCUT2D eigenvalue weighted by molar-refractivity contribution is 5.85. The van der Waals surface area contributed by atoms with Crippen molar-refractivity contribution in [2.45, 2.75) is 19.4 Å². The molecule has 0 amide bonds. The quantitative estimate of drug-likeness (QED) is 0.462. The smallest absolute Gasteiger partial charge is 0.324 e. The summed E-state index contributed by atoms with van der Waals surface area (Å²) in [7, 11) is 0. The molecular formula is C11H17ClN2O2. The van der Waals surface area contributed by atoms with Crippen LogP contribution in [0.5, 0.6) is 0 Å². The average molecular weight is 245 g/mol. The third-order valence-corrected chi connectivity index (χ3v) is 2.05. The molecule has 5 heteroatoms. The van der Waals surface area contributed by atoms with E-state index >= 15 is 0 Å². The molecule has 0 aromatic heterocycles. The molecule has 0 fully saturated rings. The molecule has 0 bridgehead atoms. The van der Waals surface area contributed by atoms with Crippen molar-refractivity contribution in [3.05, 3.63) is 35.9 Å². The van der Waals surface area contributed by atoms with Gasteiger partial charge in [-0.1, -0.05) is 30.3 Å². The van der Waals surface area contributed by atoms with Crippen LogP contribution in [-0.2, 0) is 16.0 Å². The molecular weight excluding hydrogens is 228 g/mol. The number of hydrazine groups is 1. The van der Waals surface area contributed by atoms with E-state index in [9.17, 15) is 4.79 Å². The number of esters is 1. The van der Waals surface area contributed by atoms with Crippen LogP contribution >= 0.6 is 12.4 Å². The zero-order valence-electron chi connectivity index (χ0n) is 9.18. The molecule has 0 heterocycles. The fourth-order valence-electron chi connectivity index (χ4n) is 1.30. The van der Waals surface area contributed by atoms with Crippen molar-refractivity contribution >= 4 is 18.4 Å². The Kier molecular flexibility index (Phi) is 7.54. The number of halogens is 1. The van der Waals surface area contributed by atoms with Gasteiger partial charge in [0.25, 0.3) is 0 Å². The second-order valence-corrected chi connectivity index (χ2v) is 3.16. The van der Waals surface area contributed by atoms with E-state index in [2.05, 4.69) is 5.43 Å². The summed E-state index contributed by atoms with van der Waals surface area (Å²) < 4.78 is 4.89. The van der Waals surface area contributed by atoms with Crippen LogP contribution in [0.3, 0.4) is 0 Å². The highest BCUT2D eigenvalue weighted by Crippen LogP contribution is 2.03. The molecule has 1 atom stereocenters. The zero-order valence-corrected chi connectivity index (χ0v) is 10.00. The monoisotopic (exact) mass is 244 g/mol. The van der Waals surface area contributed by atoms with Gasteiger partial charge in [0.2, 0.25) is 0 Å². The molecule has 0 aliphatic heterocycles. The molecule has 90 valence electrons. The highest BCUT2D eigenvalue weighted by atomic mass is 35.5. The number of benzene rings is 1. The predicted molar refractivity (Wildman–Crippen MR) is 65.1 cm³/mol. The molecule has 0 radical (unpaired) electrons. The van der Waals surface area contributed by atoms with Gasteiger partial charge in [0.15, 0.2) is 0 Å². The van der Waals surface area contributed by atoms with Crippen LogP contribution in [0.2, 0.25) is 0 Å². The first-order chi connectivity index (χ1) is 7.27. The lowest BCUT2D eigenvalue weighted by Crippen LogP contribution is -2.43. The minimum atomic E-state index is -0.479. The van der Waals surface area contributed by atoms with Gasteiger partial charge in [-0.25, -0.2) is 5.43 Å². The Morgan fingerprint density at radius 1 is 1.44 bits per heavy atom. The third-order valence-electron chi connectivity index (χ3n) is 2.05. The maximum atomic E-state index is 11.4. The van der Waals surface area contributed by atoms with Crippen LogP contribution in [0.4, 0.5) is 0 Å². The van der Waals surface area contributed by atoms with Gasteiger partial charge in [-0.3, -0.25) is 10.6 Å². The largest absolute Gasteiger partial charge is 0.465 e. The van der Waals surface area contributed by atoms with Crippen molar-refractivity contribution in [1.82, 2.24) is 5.43 Å². The number of hydrogen-bond donors (Lipinski definition) is 2. The first-order valence-corrected chi connectivity index (χ1v) is 4.94. The van der Waals surface area contributed by atoms with E-state index in [1.54, 1.807) is 6.92 Å². The molecule has 1 aromatic carbocycles. The van der Waals surface area contributed by atoms with E-state index in [1.807, 2.05) is 30.3 Å². The summed E-state index contributed by atoms with van der Waals surface area (Å²) >= 11 is 0. The normalized spacial score (nSPS) is 11.4. The zero-order chi connectivity index (χ0) is 11.1. The summed E-state index contributed by atoms with van der Waals surface area (Å²) in [6.07, 6.45) is 0.538. The Morgan fingerprint density at radius 3 is 2.56 bits per heavy atom. The van der Waals surface area contributed by atoms with Gasteiger partial charge in [0.1, 0.15) is 6.04 Å². The van der Waals surface area contributed by atoms with Gasteiger partial charge in [0.05, 0.1) is 6.61 Å².